The second kappa shape index (κ2) is 3.09. The Labute approximate surface area is 72.7 Å². The quantitative estimate of drug-likeness (QED) is 0.593. The Balaban J connectivity index is 2.83. The Bertz CT molecular complexity index is 181. The van der Waals surface area contributed by atoms with Gasteiger partial charge in [0.2, 0.25) is 0 Å². The van der Waals surface area contributed by atoms with Gasteiger partial charge in [0.05, 0.1) is 5.03 Å². The molecule has 0 aromatic heterocycles. The minimum atomic E-state index is 0.606. The van der Waals surface area contributed by atoms with Crippen molar-refractivity contribution in [3.63, 3.8) is 0 Å². The molecule has 3 heteroatoms. The third-order valence-corrected chi connectivity index (χ3v) is 2.31. The van der Waals surface area contributed by atoms with Crippen LogP contribution >= 0.6 is 39.1 Å². The van der Waals surface area contributed by atoms with Crippen molar-refractivity contribution in [3.8, 4) is 0 Å². The highest BCUT2D eigenvalue weighted by molar-refractivity contribution is 9.11. The fourth-order valence-corrected chi connectivity index (χ4v) is 1.41. The molecular weight excluding hydrogens is 223 g/mol. The first kappa shape index (κ1) is 7.64. The van der Waals surface area contributed by atoms with E-state index in [1.807, 2.05) is 12.5 Å². The fraction of sp³-hybridized carbons (Fsp3) is 0.167. The van der Waals surface area contributed by atoms with E-state index in [1.54, 1.807) is 0 Å². The molecule has 0 bridgehead atoms. The van der Waals surface area contributed by atoms with E-state index in [4.69, 9.17) is 23.2 Å². The van der Waals surface area contributed by atoms with Gasteiger partial charge >= 0.3 is 0 Å². The maximum absolute atomic E-state index is 5.67. The van der Waals surface area contributed by atoms with Gasteiger partial charge in [0.15, 0.2) is 0 Å². The zero-order valence-corrected chi connectivity index (χ0v) is 7.59. The lowest BCUT2D eigenvalue weighted by Crippen LogP contribution is -1.86. The number of hydrogen-bond acceptors (Lipinski definition) is 0. The average molecular weight is 227 g/mol. The molecular formula is C6H4BrCl2. The Morgan fingerprint density at radius 3 is 2.44 bits per heavy atom. The van der Waals surface area contributed by atoms with E-state index < -0.39 is 0 Å². The lowest BCUT2D eigenvalue weighted by atomic mass is 10.2. The zero-order chi connectivity index (χ0) is 6.85. The van der Waals surface area contributed by atoms with Gasteiger partial charge in [0, 0.05) is 11.5 Å². The van der Waals surface area contributed by atoms with Crippen molar-refractivity contribution in [3.05, 3.63) is 27.0 Å². The van der Waals surface area contributed by atoms with Gasteiger partial charge in [-0.05, 0) is 17.0 Å². The number of rotatable bonds is 0. The first-order valence-corrected chi connectivity index (χ1v) is 3.99. The van der Waals surface area contributed by atoms with Gasteiger partial charge in [-0.15, -0.1) is 0 Å². The van der Waals surface area contributed by atoms with Crippen molar-refractivity contribution in [1.29, 1.82) is 0 Å². The van der Waals surface area contributed by atoms with E-state index in [-0.39, 0.29) is 0 Å². The van der Waals surface area contributed by atoms with Crippen LogP contribution in [0.4, 0.5) is 0 Å². The topological polar surface area (TPSA) is 0 Å². The summed E-state index contributed by atoms with van der Waals surface area (Å²) in [5.74, 6) is 0. The smallest absolute Gasteiger partial charge is 0.0562 e. The van der Waals surface area contributed by atoms with E-state index >= 15 is 0 Å². The van der Waals surface area contributed by atoms with Crippen LogP contribution in [-0.2, 0) is 0 Å². The molecule has 0 amide bonds. The molecule has 9 heavy (non-hydrogen) atoms. The predicted octanol–water partition coefficient (Wildman–Crippen LogP) is 3.56. The molecule has 0 N–H and O–H groups in total. The van der Waals surface area contributed by atoms with Crippen LogP contribution in [0.15, 0.2) is 20.6 Å². The van der Waals surface area contributed by atoms with Gasteiger partial charge in [-0.2, -0.15) is 0 Å². The minimum Gasteiger partial charge on any atom is -0.0872 e. The van der Waals surface area contributed by atoms with Crippen LogP contribution in [0, 0.1) is 6.42 Å². The second-order valence-electron chi connectivity index (χ2n) is 1.70. The molecule has 0 aromatic rings. The van der Waals surface area contributed by atoms with Crippen LogP contribution in [0.25, 0.3) is 0 Å². The van der Waals surface area contributed by atoms with Gasteiger partial charge in [-0.1, -0.05) is 39.1 Å². The molecule has 0 aromatic carbocycles. The highest BCUT2D eigenvalue weighted by Crippen LogP contribution is 2.30. The predicted molar refractivity (Wildman–Crippen MR) is 44.7 cm³/mol. The molecule has 0 saturated carbocycles. The molecule has 0 heterocycles. The largest absolute Gasteiger partial charge is 0.0872 e. The Morgan fingerprint density at radius 1 is 1.33 bits per heavy atom. The molecule has 0 fully saturated rings. The van der Waals surface area contributed by atoms with E-state index in [1.165, 1.54) is 0 Å². The Kier molecular flexibility index (Phi) is 2.62. The summed E-state index contributed by atoms with van der Waals surface area (Å²) < 4.78 is 1.07. The Morgan fingerprint density at radius 2 is 2.00 bits per heavy atom. The van der Waals surface area contributed by atoms with Crippen LogP contribution in [0.1, 0.15) is 6.42 Å². The lowest BCUT2D eigenvalue weighted by Gasteiger charge is -2.06. The second-order valence-corrected chi connectivity index (χ2v) is 3.53. The molecule has 0 nitrogen and oxygen atoms in total. The standard InChI is InChI=1S/C6H4BrCl2/c7-4-1-2-5(8)6(9)3-4/h2-3H,1H2. The van der Waals surface area contributed by atoms with Crippen molar-refractivity contribution in [2.75, 3.05) is 0 Å². The summed E-state index contributed by atoms with van der Waals surface area (Å²) in [5, 5.41) is 1.25. The lowest BCUT2D eigenvalue weighted by molar-refractivity contribution is 1.22. The summed E-state index contributed by atoms with van der Waals surface area (Å²) >= 11 is 14.6. The van der Waals surface area contributed by atoms with Gasteiger partial charge in [0.25, 0.3) is 0 Å². The van der Waals surface area contributed by atoms with E-state index in [2.05, 4.69) is 15.9 Å². The van der Waals surface area contributed by atoms with Crippen molar-refractivity contribution in [1.82, 2.24) is 0 Å². The number of allylic oxidation sites excluding steroid dienone is 4. The summed E-state index contributed by atoms with van der Waals surface area (Å²) in [5.41, 5.74) is 0. The van der Waals surface area contributed by atoms with Gasteiger partial charge < -0.3 is 0 Å². The summed E-state index contributed by atoms with van der Waals surface area (Å²) in [6, 6.07) is 0. The Hall–Kier alpha value is 0.540. The third kappa shape index (κ3) is 1.99. The van der Waals surface area contributed by atoms with Crippen LogP contribution in [0.2, 0.25) is 0 Å². The molecule has 1 rings (SSSR count). The van der Waals surface area contributed by atoms with Gasteiger partial charge in [-0.3, -0.25) is 0 Å². The summed E-state index contributed by atoms with van der Waals surface area (Å²) in [4.78, 5) is 0. The molecule has 1 aliphatic carbocycles. The molecule has 1 aliphatic rings. The molecule has 1 radical (unpaired) electrons. The van der Waals surface area contributed by atoms with E-state index in [0.717, 1.165) is 10.9 Å². The van der Waals surface area contributed by atoms with Crippen molar-refractivity contribution in [2.24, 2.45) is 0 Å². The fourth-order valence-electron chi connectivity index (χ4n) is 0.550. The minimum absolute atomic E-state index is 0.606. The van der Waals surface area contributed by atoms with Crippen LogP contribution in [0.5, 0.6) is 0 Å². The van der Waals surface area contributed by atoms with E-state index in [0.29, 0.717) is 10.1 Å². The number of hydrogen-bond donors (Lipinski definition) is 0. The number of halogens is 3. The molecule has 0 atom stereocenters. The molecule has 0 unspecified atom stereocenters. The highest BCUT2D eigenvalue weighted by Gasteiger charge is 2.07. The third-order valence-electron chi connectivity index (χ3n) is 0.988. The van der Waals surface area contributed by atoms with Gasteiger partial charge in [0.1, 0.15) is 0 Å². The first-order chi connectivity index (χ1) is 4.20. The summed E-state index contributed by atoms with van der Waals surface area (Å²) in [6.45, 7) is 0. The first-order valence-electron chi connectivity index (χ1n) is 2.44. The highest BCUT2D eigenvalue weighted by atomic mass is 79.9. The van der Waals surface area contributed by atoms with Gasteiger partial charge in [-0.25, -0.2) is 0 Å². The molecule has 0 aliphatic heterocycles. The van der Waals surface area contributed by atoms with Crippen LogP contribution in [-0.4, -0.2) is 0 Å². The average Bonchev–Trinajstić information content (AvgIpc) is 1.80. The molecule has 0 spiro atoms. The monoisotopic (exact) mass is 225 g/mol. The summed E-state index contributed by atoms with van der Waals surface area (Å²) in [7, 11) is 0. The zero-order valence-electron chi connectivity index (χ0n) is 4.50. The van der Waals surface area contributed by atoms with Crippen LogP contribution < -0.4 is 0 Å². The molecule has 49 valence electrons. The SMILES string of the molecule is ClC1=C(Cl)C=C(Br)C[CH]1. The van der Waals surface area contributed by atoms with Crippen LogP contribution in [0.3, 0.4) is 0 Å². The maximum atomic E-state index is 5.67. The van der Waals surface area contributed by atoms with Crippen molar-refractivity contribution < 1.29 is 0 Å². The van der Waals surface area contributed by atoms with E-state index in [9.17, 15) is 0 Å². The molecule has 0 saturated heterocycles. The van der Waals surface area contributed by atoms with Crippen molar-refractivity contribution >= 4 is 39.1 Å². The maximum Gasteiger partial charge on any atom is 0.0562 e. The summed E-state index contributed by atoms with van der Waals surface area (Å²) in [6.07, 6.45) is 4.52. The normalized spacial score (nSPS) is 20.1. The van der Waals surface area contributed by atoms with Crippen molar-refractivity contribution in [2.45, 2.75) is 6.42 Å².